The quantitative estimate of drug-likeness (QED) is 0.627. The predicted octanol–water partition coefficient (Wildman–Crippen LogP) is 1.62. The van der Waals surface area contributed by atoms with Crippen LogP contribution in [0.15, 0.2) is 0 Å². The van der Waals surface area contributed by atoms with Crippen molar-refractivity contribution in [1.82, 2.24) is 9.80 Å². The average Bonchev–Trinajstić information content (AvgIpc) is 2.04. The molecule has 0 heterocycles. The number of nitrogens with zero attached hydrogens (tertiary/aromatic N) is 2. The predicted molar refractivity (Wildman–Crippen MR) is 63.0 cm³/mol. The van der Waals surface area contributed by atoms with Gasteiger partial charge in [-0.25, -0.2) is 0 Å². The van der Waals surface area contributed by atoms with Crippen molar-refractivity contribution in [2.75, 3.05) is 41.3 Å². The normalized spacial score (nSPS) is 11.3. The van der Waals surface area contributed by atoms with Crippen LogP contribution in [0.1, 0.15) is 6.92 Å². The first-order valence-corrected chi connectivity index (χ1v) is 10.5. The van der Waals surface area contributed by atoms with Gasteiger partial charge in [-0.05, 0) is 0 Å². The van der Waals surface area contributed by atoms with Crippen molar-refractivity contribution in [1.29, 1.82) is 0 Å². The second kappa shape index (κ2) is 7.91. The third-order valence-electron chi connectivity index (χ3n) is 2.55. The van der Waals surface area contributed by atoms with Crippen LogP contribution in [0.2, 0.25) is 14.9 Å². The van der Waals surface area contributed by atoms with E-state index in [2.05, 4.69) is 44.9 Å². The van der Waals surface area contributed by atoms with E-state index >= 15 is 0 Å². The van der Waals surface area contributed by atoms with Gasteiger partial charge in [0.2, 0.25) is 0 Å². The third-order valence-corrected chi connectivity index (χ3v) is 9.48. The fraction of sp³-hybridized carbons (Fsp3) is 1.00. The van der Waals surface area contributed by atoms with Crippen molar-refractivity contribution in [3.05, 3.63) is 0 Å². The topological polar surface area (TPSA) is 6.48 Å². The SMILES string of the molecule is C[CH2][Ga]([CH2]CN(C)C)[CH2]CN(C)C. The molecule has 0 bridgehead atoms. The van der Waals surface area contributed by atoms with E-state index in [1.807, 2.05) is 0 Å². The van der Waals surface area contributed by atoms with Crippen molar-refractivity contribution in [2.45, 2.75) is 21.8 Å². The second-order valence-electron chi connectivity index (χ2n) is 4.46. The van der Waals surface area contributed by atoms with E-state index in [0.717, 1.165) is 0 Å². The molecule has 0 aliphatic carbocycles. The Morgan fingerprint density at radius 2 is 1.23 bits per heavy atom. The molecule has 0 spiro atoms. The van der Waals surface area contributed by atoms with Crippen molar-refractivity contribution in [3.63, 3.8) is 0 Å². The Morgan fingerprint density at radius 3 is 1.46 bits per heavy atom. The zero-order valence-corrected chi connectivity index (χ0v) is 12.4. The van der Waals surface area contributed by atoms with Crippen molar-refractivity contribution < 1.29 is 0 Å². The molecule has 0 atom stereocenters. The molecule has 0 aromatic carbocycles. The number of hydrogen-bond acceptors (Lipinski definition) is 2. The molecule has 13 heavy (non-hydrogen) atoms. The Labute approximate surface area is 89.3 Å². The summed E-state index contributed by atoms with van der Waals surface area (Å²) in [4.78, 5) is 9.22. The van der Waals surface area contributed by atoms with Crippen LogP contribution in [-0.4, -0.2) is 67.3 Å². The zero-order valence-electron chi connectivity index (χ0n) is 10.0. The van der Waals surface area contributed by atoms with Gasteiger partial charge in [0, 0.05) is 0 Å². The molecule has 0 aromatic rings. The summed E-state index contributed by atoms with van der Waals surface area (Å²) in [6, 6.07) is 0. The molecule has 0 unspecified atom stereocenters. The Morgan fingerprint density at radius 1 is 0.846 bits per heavy atom. The van der Waals surface area contributed by atoms with Gasteiger partial charge in [-0.15, -0.1) is 0 Å². The van der Waals surface area contributed by atoms with Crippen molar-refractivity contribution in [3.8, 4) is 0 Å². The summed E-state index contributed by atoms with van der Waals surface area (Å²) in [7, 11) is 8.73. The van der Waals surface area contributed by atoms with E-state index in [4.69, 9.17) is 0 Å². The van der Waals surface area contributed by atoms with Crippen LogP contribution >= 0.6 is 0 Å². The van der Waals surface area contributed by atoms with E-state index in [1.165, 1.54) is 28.0 Å². The molecule has 78 valence electrons. The van der Waals surface area contributed by atoms with Crippen LogP contribution in [0.4, 0.5) is 0 Å². The summed E-state index contributed by atoms with van der Waals surface area (Å²) in [5.41, 5.74) is 0. The van der Waals surface area contributed by atoms with Gasteiger partial charge in [0.05, 0.1) is 0 Å². The third kappa shape index (κ3) is 8.87. The molecule has 0 rings (SSSR count). The number of hydrogen-bond donors (Lipinski definition) is 0. The van der Waals surface area contributed by atoms with Crippen LogP contribution in [-0.2, 0) is 0 Å². The summed E-state index contributed by atoms with van der Waals surface area (Å²) in [6.07, 6.45) is 0. The molecule has 0 aromatic heterocycles. The van der Waals surface area contributed by atoms with Crippen LogP contribution in [0.5, 0.6) is 0 Å². The molecule has 0 N–H and O–H groups in total. The first-order valence-electron chi connectivity index (χ1n) is 5.35. The summed E-state index contributed by atoms with van der Waals surface area (Å²) in [6.45, 7) is 5.01. The van der Waals surface area contributed by atoms with Gasteiger partial charge in [0.1, 0.15) is 0 Å². The molecule has 0 aliphatic rings. The zero-order chi connectivity index (χ0) is 10.3. The van der Waals surface area contributed by atoms with Gasteiger partial charge < -0.3 is 0 Å². The van der Waals surface area contributed by atoms with E-state index in [-0.39, 0.29) is 0 Å². The second-order valence-corrected chi connectivity index (χ2v) is 12.2. The van der Waals surface area contributed by atoms with Gasteiger partial charge in [-0.1, -0.05) is 0 Å². The molecule has 2 nitrogen and oxygen atoms in total. The molecule has 0 amide bonds. The fourth-order valence-corrected chi connectivity index (χ4v) is 7.45. The monoisotopic (exact) mass is 242 g/mol. The Bertz CT molecular complexity index is 103. The maximum atomic E-state index is 2.38. The first-order chi connectivity index (χ1) is 6.06. The molecule has 0 saturated carbocycles. The van der Waals surface area contributed by atoms with E-state index in [1.54, 1.807) is 0 Å². The van der Waals surface area contributed by atoms with Crippen LogP contribution in [0, 0.1) is 0 Å². The van der Waals surface area contributed by atoms with Crippen molar-refractivity contribution in [2.24, 2.45) is 0 Å². The summed E-state index contributed by atoms with van der Waals surface area (Å²) >= 11 is -0.869. The molecule has 3 heteroatoms. The first kappa shape index (κ1) is 13.6. The molecule has 0 saturated heterocycles. The summed E-state index contributed by atoms with van der Waals surface area (Å²) in [5.74, 6) is 0. The fourth-order valence-electron chi connectivity index (χ4n) is 1.43. The van der Waals surface area contributed by atoms with Crippen LogP contribution in [0.25, 0.3) is 0 Å². The van der Waals surface area contributed by atoms with Crippen molar-refractivity contribution >= 4 is 16.2 Å². The number of rotatable bonds is 7. The van der Waals surface area contributed by atoms with Gasteiger partial charge in [0.15, 0.2) is 0 Å². The van der Waals surface area contributed by atoms with Crippen LogP contribution < -0.4 is 0 Å². The van der Waals surface area contributed by atoms with Gasteiger partial charge in [-0.3, -0.25) is 0 Å². The van der Waals surface area contributed by atoms with Gasteiger partial charge >= 0.3 is 89.1 Å². The van der Waals surface area contributed by atoms with Gasteiger partial charge in [0.25, 0.3) is 0 Å². The Kier molecular flexibility index (Phi) is 8.25. The Hall–Kier alpha value is 0.556. The molecule has 0 radical (unpaired) electrons. The van der Waals surface area contributed by atoms with E-state index in [9.17, 15) is 0 Å². The average molecular weight is 243 g/mol. The summed E-state index contributed by atoms with van der Waals surface area (Å²) < 4.78 is 0. The summed E-state index contributed by atoms with van der Waals surface area (Å²) in [5, 5.41) is 0. The molecule has 0 fully saturated rings. The van der Waals surface area contributed by atoms with E-state index < -0.39 is 16.2 Å². The van der Waals surface area contributed by atoms with Gasteiger partial charge in [-0.2, -0.15) is 0 Å². The van der Waals surface area contributed by atoms with E-state index in [0.29, 0.717) is 0 Å². The minimum atomic E-state index is -0.869. The molecule has 0 aliphatic heterocycles. The maximum absolute atomic E-state index is 2.38. The molecular formula is C10H25GaN2. The standard InChI is InChI=1S/2C4H10N.C2H5.Ga/c2*1-4-5(2)3;1-2;/h2*1,4H2,2-3H3;1H2,2H3;. The minimum absolute atomic E-state index is 0.869. The Balaban J connectivity index is 3.51. The van der Waals surface area contributed by atoms with Crippen LogP contribution in [0.3, 0.4) is 0 Å². The molecular weight excluding hydrogens is 218 g/mol.